The Bertz CT molecular complexity index is 441. The summed E-state index contributed by atoms with van der Waals surface area (Å²) in [5.41, 5.74) is -0.286. The predicted molar refractivity (Wildman–Crippen MR) is 72.5 cm³/mol. The summed E-state index contributed by atoms with van der Waals surface area (Å²) in [4.78, 5) is 11.7. The molecule has 0 aliphatic rings. The number of hydrogen-bond acceptors (Lipinski definition) is 2. The molecule has 0 fully saturated rings. The smallest absolute Gasteiger partial charge is 0.315 e. The summed E-state index contributed by atoms with van der Waals surface area (Å²) in [6, 6.07) is 5.32. The Morgan fingerprint density at radius 3 is 2.60 bits per heavy atom. The molecule has 1 rings (SSSR count). The Morgan fingerprint density at radius 2 is 2.00 bits per heavy atom. The molecular weight excluding hydrogens is 267 g/mol. The summed E-state index contributed by atoms with van der Waals surface area (Å²) in [6.07, 6.45) is -3.21. The van der Waals surface area contributed by atoms with Crippen LogP contribution in [0.1, 0.15) is 37.8 Å². The van der Waals surface area contributed by atoms with Gasteiger partial charge in [-0.15, -0.1) is 0 Å². The van der Waals surface area contributed by atoms with E-state index in [4.69, 9.17) is 0 Å². The van der Waals surface area contributed by atoms with E-state index in [0.717, 1.165) is 18.7 Å². The quantitative estimate of drug-likeness (QED) is 0.776. The molecule has 112 valence electrons. The zero-order chi connectivity index (χ0) is 15.2. The molecule has 0 bridgehead atoms. The van der Waals surface area contributed by atoms with Crippen LogP contribution in [-0.2, 0) is 17.4 Å². The maximum atomic E-state index is 12.5. The van der Waals surface area contributed by atoms with Gasteiger partial charge in [-0.1, -0.05) is 32.0 Å². The van der Waals surface area contributed by atoms with Gasteiger partial charge in [-0.25, -0.2) is 0 Å². The number of alkyl halides is 3. The summed E-state index contributed by atoms with van der Waals surface area (Å²) in [6.45, 7) is 4.78. The van der Waals surface area contributed by atoms with E-state index >= 15 is 0 Å². The number of ketones is 1. The van der Waals surface area contributed by atoms with Gasteiger partial charge >= 0.3 is 6.18 Å². The molecule has 0 saturated heterocycles. The SMILES string of the molecule is CC(C)NCCCC(=O)Cc1cccc(C(F)(F)F)c1. The van der Waals surface area contributed by atoms with Crippen molar-refractivity contribution in [3.05, 3.63) is 35.4 Å². The highest BCUT2D eigenvalue weighted by molar-refractivity contribution is 5.80. The van der Waals surface area contributed by atoms with Crippen LogP contribution in [0, 0.1) is 0 Å². The first-order valence-electron chi connectivity index (χ1n) is 6.70. The Kier molecular flexibility index (Phi) is 6.20. The number of carbonyl (C=O) groups is 1. The predicted octanol–water partition coefficient (Wildman–Crippen LogP) is 3.60. The first-order chi connectivity index (χ1) is 9.29. The van der Waals surface area contributed by atoms with Crippen LogP contribution in [0.15, 0.2) is 24.3 Å². The van der Waals surface area contributed by atoms with E-state index in [1.807, 2.05) is 13.8 Å². The topological polar surface area (TPSA) is 29.1 Å². The molecule has 1 aromatic rings. The number of halogens is 3. The standard InChI is InChI=1S/C15H20F3NO/c1-11(2)19-8-4-7-14(20)10-12-5-3-6-13(9-12)15(16,17)18/h3,5-6,9,11,19H,4,7-8,10H2,1-2H3. The second-order valence-corrected chi connectivity index (χ2v) is 5.13. The van der Waals surface area contributed by atoms with Crippen LogP contribution < -0.4 is 5.32 Å². The molecule has 0 unspecified atom stereocenters. The van der Waals surface area contributed by atoms with Crippen molar-refractivity contribution in [3.8, 4) is 0 Å². The van der Waals surface area contributed by atoms with Crippen LogP contribution in [0.25, 0.3) is 0 Å². The van der Waals surface area contributed by atoms with Gasteiger partial charge in [-0.2, -0.15) is 13.2 Å². The van der Waals surface area contributed by atoms with Crippen molar-refractivity contribution >= 4 is 5.78 Å². The van der Waals surface area contributed by atoms with Gasteiger partial charge in [0, 0.05) is 18.9 Å². The van der Waals surface area contributed by atoms with E-state index in [1.165, 1.54) is 6.07 Å². The minimum absolute atomic E-state index is 0.0325. The van der Waals surface area contributed by atoms with Gasteiger partial charge in [-0.05, 0) is 24.6 Å². The van der Waals surface area contributed by atoms with E-state index in [-0.39, 0.29) is 12.2 Å². The third-order valence-electron chi connectivity index (χ3n) is 2.84. The number of rotatable bonds is 7. The van der Waals surface area contributed by atoms with E-state index < -0.39 is 11.7 Å². The number of benzene rings is 1. The van der Waals surface area contributed by atoms with Crippen molar-refractivity contribution in [1.82, 2.24) is 5.32 Å². The number of hydrogen-bond donors (Lipinski definition) is 1. The van der Waals surface area contributed by atoms with Crippen molar-refractivity contribution in [2.75, 3.05) is 6.54 Å². The highest BCUT2D eigenvalue weighted by Gasteiger charge is 2.30. The largest absolute Gasteiger partial charge is 0.416 e. The molecule has 2 nitrogen and oxygen atoms in total. The van der Waals surface area contributed by atoms with Crippen molar-refractivity contribution in [3.63, 3.8) is 0 Å². The molecule has 0 radical (unpaired) electrons. The Morgan fingerprint density at radius 1 is 1.30 bits per heavy atom. The summed E-state index contributed by atoms with van der Waals surface area (Å²) < 4.78 is 37.6. The molecule has 0 amide bonds. The number of Topliss-reactive ketones (excluding diaryl/α,β-unsaturated/α-hetero) is 1. The van der Waals surface area contributed by atoms with Gasteiger partial charge < -0.3 is 5.32 Å². The van der Waals surface area contributed by atoms with E-state index in [2.05, 4.69) is 5.32 Å². The van der Waals surface area contributed by atoms with Gasteiger partial charge in [-0.3, -0.25) is 4.79 Å². The minimum Gasteiger partial charge on any atom is -0.315 e. The van der Waals surface area contributed by atoms with Crippen LogP contribution in [0.3, 0.4) is 0 Å². The molecule has 1 aromatic carbocycles. The zero-order valence-electron chi connectivity index (χ0n) is 11.8. The van der Waals surface area contributed by atoms with Crippen molar-refractivity contribution in [1.29, 1.82) is 0 Å². The average Bonchev–Trinajstić information content (AvgIpc) is 2.34. The molecular formula is C15H20F3NO. The first-order valence-corrected chi connectivity index (χ1v) is 6.70. The lowest BCUT2D eigenvalue weighted by Gasteiger charge is -2.09. The first kappa shape index (κ1) is 16.7. The van der Waals surface area contributed by atoms with Crippen molar-refractivity contribution < 1.29 is 18.0 Å². The fourth-order valence-electron chi connectivity index (χ4n) is 1.85. The molecule has 0 saturated carbocycles. The van der Waals surface area contributed by atoms with E-state index in [1.54, 1.807) is 6.07 Å². The van der Waals surface area contributed by atoms with Gasteiger partial charge in [0.15, 0.2) is 0 Å². The molecule has 5 heteroatoms. The molecule has 0 aromatic heterocycles. The van der Waals surface area contributed by atoms with Crippen LogP contribution in [0.5, 0.6) is 0 Å². The van der Waals surface area contributed by atoms with E-state index in [0.29, 0.717) is 24.4 Å². The van der Waals surface area contributed by atoms with Gasteiger partial charge in [0.2, 0.25) is 0 Å². The number of carbonyl (C=O) groups excluding carboxylic acids is 1. The molecule has 0 atom stereocenters. The van der Waals surface area contributed by atoms with Crippen LogP contribution >= 0.6 is 0 Å². The lowest BCUT2D eigenvalue weighted by atomic mass is 10.0. The summed E-state index contributed by atoms with van der Waals surface area (Å²) >= 11 is 0. The molecule has 0 aliphatic carbocycles. The third kappa shape index (κ3) is 6.19. The molecule has 20 heavy (non-hydrogen) atoms. The van der Waals surface area contributed by atoms with Gasteiger partial charge in [0.25, 0.3) is 0 Å². The monoisotopic (exact) mass is 287 g/mol. The molecule has 0 aliphatic heterocycles. The van der Waals surface area contributed by atoms with E-state index in [9.17, 15) is 18.0 Å². The zero-order valence-corrected chi connectivity index (χ0v) is 11.8. The van der Waals surface area contributed by atoms with Crippen molar-refractivity contribution in [2.45, 2.75) is 45.3 Å². The van der Waals surface area contributed by atoms with Crippen molar-refractivity contribution in [2.24, 2.45) is 0 Å². The second kappa shape index (κ2) is 7.43. The Hall–Kier alpha value is -1.36. The third-order valence-corrected chi connectivity index (χ3v) is 2.84. The van der Waals surface area contributed by atoms with Gasteiger partial charge in [0.1, 0.15) is 5.78 Å². The van der Waals surface area contributed by atoms with Crippen LogP contribution in [0.2, 0.25) is 0 Å². The van der Waals surface area contributed by atoms with Crippen LogP contribution in [0.4, 0.5) is 13.2 Å². The molecule has 0 spiro atoms. The summed E-state index contributed by atoms with van der Waals surface area (Å²) in [5, 5.41) is 3.19. The fourth-order valence-corrected chi connectivity index (χ4v) is 1.85. The molecule has 0 heterocycles. The lowest BCUT2D eigenvalue weighted by Crippen LogP contribution is -2.24. The lowest BCUT2D eigenvalue weighted by molar-refractivity contribution is -0.137. The highest BCUT2D eigenvalue weighted by atomic mass is 19.4. The summed E-state index contributed by atoms with van der Waals surface area (Å²) in [7, 11) is 0. The normalized spacial score (nSPS) is 11.9. The Balaban J connectivity index is 2.46. The number of nitrogens with one attached hydrogen (secondary N) is 1. The summed E-state index contributed by atoms with van der Waals surface area (Å²) in [5.74, 6) is -0.0325. The highest BCUT2D eigenvalue weighted by Crippen LogP contribution is 2.29. The average molecular weight is 287 g/mol. The molecule has 1 N–H and O–H groups in total. The minimum atomic E-state index is -4.36. The van der Waals surface area contributed by atoms with Crippen LogP contribution in [-0.4, -0.2) is 18.4 Å². The fraction of sp³-hybridized carbons (Fsp3) is 0.533. The maximum Gasteiger partial charge on any atom is 0.416 e. The Labute approximate surface area is 117 Å². The second-order valence-electron chi connectivity index (χ2n) is 5.13. The van der Waals surface area contributed by atoms with Gasteiger partial charge in [0.05, 0.1) is 5.56 Å². The maximum absolute atomic E-state index is 12.5.